The van der Waals surface area contributed by atoms with Crippen LogP contribution in [0.3, 0.4) is 0 Å². The van der Waals surface area contributed by atoms with Gasteiger partial charge in [-0.25, -0.2) is 4.98 Å². The summed E-state index contributed by atoms with van der Waals surface area (Å²) in [6.45, 7) is 4.68. The van der Waals surface area contributed by atoms with Crippen molar-refractivity contribution >= 4 is 35.0 Å². The summed E-state index contributed by atoms with van der Waals surface area (Å²) in [5.74, 6) is 0.00594. The van der Waals surface area contributed by atoms with Gasteiger partial charge in [0.15, 0.2) is 5.79 Å². The first kappa shape index (κ1) is 23.8. The second kappa shape index (κ2) is 10.7. The van der Waals surface area contributed by atoms with Gasteiger partial charge in [-0.3, -0.25) is 4.79 Å². The van der Waals surface area contributed by atoms with E-state index in [2.05, 4.69) is 14.9 Å². The maximum atomic E-state index is 11.2. The van der Waals surface area contributed by atoms with E-state index < -0.39 is 5.79 Å². The van der Waals surface area contributed by atoms with Gasteiger partial charge in [-0.15, -0.1) is 11.8 Å². The molecule has 3 aromatic rings. The summed E-state index contributed by atoms with van der Waals surface area (Å²) in [5, 5.41) is 3.52. The minimum Gasteiger partial charge on any atom is -0.345 e. The number of hydrogen-bond acceptors (Lipinski definition) is 5. The number of thioether (sulfide) groups is 1. The fraction of sp³-hybridized carbons (Fsp3) is 0.360. The zero-order valence-electron chi connectivity index (χ0n) is 18.8. The second-order valence-electron chi connectivity index (χ2n) is 8.27. The number of aromatic nitrogens is 2. The summed E-state index contributed by atoms with van der Waals surface area (Å²) >= 11 is 7.75. The number of nitrogens with zero attached hydrogens (tertiary/aromatic N) is 2. The maximum Gasteiger partial charge on any atom is 0.221 e. The van der Waals surface area contributed by atoms with Crippen LogP contribution >= 0.6 is 23.4 Å². The van der Waals surface area contributed by atoms with Gasteiger partial charge < -0.3 is 19.4 Å². The van der Waals surface area contributed by atoms with E-state index in [1.54, 1.807) is 11.8 Å². The van der Waals surface area contributed by atoms with Crippen LogP contribution in [0.25, 0.3) is 0 Å². The molecule has 4 rings (SSSR count). The lowest BCUT2D eigenvalue weighted by atomic mass is 10.0. The smallest absolute Gasteiger partial charge is 0.221 e. The van der Waals surface area contributed by atoms with Crippen LogP contribution in [-0.2, 0) is 27.2 Å². The minimum absolute atomic E-state index is 0.0148. The van der Waals surface area contributed by atoms with Gasteiger partial charge in [-0.2, -0.15) is 0 Å². The monoisotopic (exact) mass is 485 g/mol. The van der Waals surface area contributed by atoms with Crippen LogP contribution in [0, 0.1) is 6.92 Å². The zero-order valence-corrected chi connectivity index (χ0v) is 20.4. The van der Waals surface area contributed by atoms with Crippen molar-refractivity contribution in [2.45, 2.75) is 50.0 Å². The Morgan fingerprint density at radius 2 is 2.00 bits per heavy atom. The molecule has 0 spiro atoms. The highest BCUT2D eigenvalue weighted by molar-refractivity contribution is 7.99. The van der Waals surface area contributed by atoms with Gasteiger partial charge in [0, 0.05) is 46.6 Å². The fourth-order valence-electron chi connectivity index (χ4n) is 3.82. The molecule has 1 N–H and O–H groups in total. The lowest BCUT2D eigenvalue weighted by Gasteiger charge is -2.29. The molecule has 2 atom stereocenters. The zero-order chi connectivity index (χ0) is 23.3. The number of benzene rings is 2. The number of ether oxygens (including phenoxy) is 2. The Morgan fingerprint density at radius 3 is 2.67 bits per heavy atom. The number of halogens is 1. The summed E-state index contributed by atoms with van der Waals surface area (Å²) < 4.78 is 14.9. The van der Waals surface area contributed by atoms with E-state index in [9.17, 15) is 4.79 Å². The van der Waals surface area contributed by atoms with Crippen LogP contribution in [0.5, 0.6) is 0 Å². The van der Waals surface area contributed by atoms with Gasteiger partial charge in [0.25, 0.3) is 0 Å². The van der Waals surface area contributed by atoms with E-state index in [1.807, 2.05) is 68.0 Å². The molecule has 1 amide bonds. The molecule has 8 heteroatoms. The van der Waals surface area contributed by atoms with Crippen molar-refractivity contribution in [3.05, 3.63) is 77.3 Å². The summed E-state index contributed by atoms with van der Waals surface area (Å²) in [4.78, 5) is 16.6. The topological polar surface area (TPSA) is 65.4 Å². The first-order valence-corrected chi connectivity index (χ1v) is 12.3. The van der Waals surface area contributed by atoms with Crippen molar-refractivity contribution in [2.75, 3.05) is 17.7 Å². The summed E-state index contributed by atoms with van der Waals surface area (Å²) in [6, 6.07) is 15.8. The molecule has 1 saturated heterocycles. The first-order valence-electron chi connectivity index (χ1n) is 10.9. The standard InChI is InChI=1S/C25H28ClN3O3S/c1-18-13-27-17-29(18)16-25(12-11-20-3-5-21(26)6-4-20)31-14-23(32-25)15-33-24-9-7-22(8-10-24)28-19(2)30/h3-10,13,17,23H,11-12,14-16H2,1-2H3,(H,28,30)/t23-,25-/m0/s1. The second-order valence-corrected chi connectivity index (χ2v) is 9.80. The molecule has 1 aliphatic rings. The molecule has 2 aromatic carbocycles. The van der Waals surface area contributed by atoms with Crippen LogP contribution in [0.2, 0.25) is 5.02 Å². The lowest BCUT2D eigenvalue weighted by molar-refractivity contribution is -0.180. The van der Waals surface area contributed by atoms with Crippen molar-refractivity contribution < 1.29 is 14.3 Å². The molecule has 0 saturated carbocycles. The van der Waals surface area contributed by atoms with E-state index in [4.69, 9.17) is 21.1 Å². The number of hydrogen-bond donors (Lipinski definition) is 1. The van der Waals surface area contributed by atoms with Gasteiger partial charge in [0.05, 0.1) is 25.6 Å². The molecule has 1 fully saturated rings. The SMILES string of the molecule is CC(=O)Nc1ccc(SC[C@@H]2CO[C@](CCc3ccc(Cl)cc3)(Cn3cncc3C)O2)cc1. The Balaban J connectivity index is 1.39. The van der Waals surface area contributed by atoms with Gasteiger partial charge >= 0.3 is 0 Å². The Kier molecular flexibility index (Phi) is 7.75. The van der Waals surface area contributed by atoms with E-state index >= 15 is 0 Å². The number of nitrogens with one attached hydrogen (secondary N) is 1. The third-order valence-corrected chi connectivity index (χ3v) is 6.96. The molecule has 174 valence electrons. The Morgan fingerprint density at radius 1 is 1.24 bits per heavy atom. The number of aryl methyl sites for hydroxylation is 2. The molecular formula is C25H28ClN3O3S. The molecule has 0 aliphatic carbocycles. The number of anilines is 1. The molecule has 1 aromatic heterocycles. The van der Waals surface area contributed by atoms with E-state index in [0.717, 1.165) is 39.9 Å². The Hall–Kier alpha value is -2.32. The summed E-state index contributed by atoms with van der Waals surface area (Å²) in [7, 11) is 0. The van der Waals surface area contributed by atoms with Gasteiger partial charge in [-0.05, 0) is 55.3 Å². The number of imidazole rings is 1. The summed E-state index contributed by atoms with van der Waals surface area (Å²) in [5.41, 5.74) is 3.07. The van der Waals surface area contributed by atoms with Gasteiger partial charge in [0.1, 0.15) is 0 Å². The van der Waals surface area contributed by atoms with Crippen molar-refractivity contribution in [2.24, 2.45) is 0 Å². The van der Waals surface area contributed by atoms with Crippen molar-refractivity contribution in [1.82, 2.24) is 9.55 Å². The highest BCUT2D eigenvalue weighted by Gasteiger charge is 2.41. The molecule has 33 heavy (non-hydrogen) atoms. The predicted molar refractivity (Wildman–Crippen MR) is 132 cm³/mol. The highest BCUT2D eigenvalue weighted by atomic mass is 35.5. The minimum atomic E-state index is -0.703. The van der Waals surface area contributed by atoms with Crippen LogP contribution in [0.1, 0.15) is 24.6 Å². The third-order valence-electron chi connectivity index (χ3n) is 5.56. The highest BCUT2D eigenvalue weighted by Crippen LogP contribution is 2.34. The molecule has 0 radical (unpaired) electrons. The van der Waals surface area contributed by atoms with E-state index in [0.29, 0.717) is 13.2 Å². The quantitative estimate of drug-likeness (QED) is 0.414. The number of rotatable bonds is 9. The Bertz CT molecular complexity index is 1070. The number of amides is 1. The fourth-order valence-corrected chi connectivity index (χ4v) is 4.81. The number of carbonyl (C=O) groups is 1. The normalized spacial score (nSPS) is 20.2. The van der Waals surface area contributed by atoms with Crippen molar-refractivity contribution in [1.29, 1.82) is 0 Å². The largest absolute Gasteiger partial charge is 0.345 e. The predicted octanol–water partition coefficient (Wildman–Crippen LogP) is 5.34. The summed E-state index contributed by atoms with van der Waals surface area (Å²) in [6.07, 6.45) is 5.22. The van der Waals surface area contributed by atoms with Crippen molar-refractivity contribution in [3.63, 3.8) is 0 Å². The maximum absolute atomic E-state index is 11.2. The van der Waals surface area contributed by atoms with Crippen molar-refractivity contribution in [3.8, 4) is 0 Å². The van der Waals surface area contributed by atoms with Gasteiger partial charge in [0.2, 0.25) is 5.91 Å². The molecule has 2 heterocycles. The number of carbonyl (C=O) groups excluding carboxylic acids is 1. The lowest BCUT2D eigenvalue weighted by Crippen LogP contribution is -2.37. The average Bonchev–Trinajstić information content (AvgIpc) is 3.39. The molecule has 6 nitrogen and oxygen atoms in total. The van der Waals surface area contributed by atoms with E-state index in [-0.39, 0.29) is 12.0 Å². The molecule has 0 unspecified atom stereocenters. The van der Waals surface area contributed by atoms with E-state index in [1.165, 1.54) is 12.5 Å². The van der Waals surface area contributed by atoms with Crippen LogP contribution in [0.15, 0.2) is 66.0 Å². The average molecular weight is 486 g/mol. The Labute approximate surface area is 203 Å². The first-order chi connectivity index (χ1) is 15.9. The van der Waals surface area contributed by atoms with Gasteiger partial charge in [-0.1, -0.05) is 23.7 Å². The van der Waals surface area contributed by atoms with Crippen LogP contribution < -0.4 is 5.32 Å². The third kappa shape index (κ3) is 6.60. The molecule has 0 bridgehead atoms. The molecular weight excluding hydrogens is 458 g/mol. The van der Waals surface area contributed by atoms with Crippen LogP contribution in [-0.4, -0.2) is 39.7 Å². The molecule has 1 aliphatic heterocycles. The van der Waals surface area contributed by atoms with Crippen LogP contribution in [0.4, 0.5) is 5.69 Å².